The van der Waals surface area contributed by atoms with E-state index in [1.807, 2.05) is 0 Å². The van der Waals surface area contributed by atoms with Crippen molar-refractivity contribution in [2.24, 2.45) is 5.41 Å². The molecule has 0 unspecified atom stereocenters. The van der Waals surface area contributed by atoms with Crippen LogP contribution >= 0.6 is 0 Å². The Morgan fingerprint density at radius 1 is 1.33 bits per heavy atom. The van der Waals surface area contributed by atoms with Gasteiger partial charge in [-0.1, -0.05) is 26.8 Å². The molecule has 1 aromatic rings. The van der Waals surface area contributed by atoms with E-state index >= 15 is 0 Å². The predicted octanol–water partition coefficient (Wildman–Crippen LogP) is 1.50. The van der Waals surface area contributed by atoms with Gasteiger partial charge in [-0.15, -0.1) is 0 Å². The second-order valence-electron chi connectivity index (χ2n) is 5.24. The van der Waals surface area contributed by atoms with Crippen molar-refractivity contribution in [3.8, 4) is 0 Å². The quantitative estimate of drug-likeness (QED) is 0.709. The number of carboxylic acid groups (broad SMARTS) is 1. The van der Waals surface area contributed by atoms with Gasteiger partial charge in [-0.05, 0) is 23.6 Å². The standard InChI is InChI=1S/C13H18N2O3/c1-13(2,3)10(12(17)18)15-11(16)8-5-4-6-9(14)7-8/h4-7,10H,14H2,1-3H3,(H,15,16)(H,17,18)/t10-/m1/s1. The van der Waals surface area contributed by atoms with Crippen LogP contribution in [0, 0.1) is 5.41 Å². The molecule has 18 heavy (non-hydrogen) atoms. The number of nitrogens with one attached hydrogen (secondary N) is 1. The van der Waals surface area contributed by atoms with Crippen LogP contribution in [0.3, 0.4) is 0 Å². The first-order chi connectivity index (χ1) is 8.21. The van der Waals surface area contributed by atoms with Gasteiger partial charge >= 0.3 is 5.97 Å². The summed E-state index contributed by atoms with van der Waals surface area (Å²) >= 11 is 0. The summed E-state index contributed by atoms with van der Waals surface area (Å²) in [6.07, 6.45) is 0. The third kappa shape index (κ3) is 3.48. The summed E-state index contributed by atoms with van der Waals surface area (Å²) in [5.74, 6) is -1.50. The first-order valence-electron chi connectivity index (χ1n) is 5.61. The van der Waals surface area contributed by atoms with Gasteiger partial charge in [0.1, 0.15) is 6.04 Å². The molecular weight excluding hydrogens is 232 g/mol. The Morgan fingerprint density at radius 2 is 1.94 bits per heavy atom. The normalized spacial score (nSPS) is 12.8. The van der Waals surface area contributed by atoms with Gasteiger partial charge in [0.2, 0.25) is 0 Å². The first kappa shape index (κ1) is 14.0. The van der Waals surface area contributed by atoms with Crippen LogP contribution in [0.15, 0.2) is 24.3 Å². The van der Waals surface area contributed by atoms with Gasteiger partial charge < -0.3 is 16.2 Å². The average molecular weight is 250 g/mol. The molecule has 0 heterocycles. The summed E-state index contributed by atoms with van der Waals surface area (Å²) in [4.78, 5) is 23.1. The maximum atomic E-state index is 11.9. The van der Waals surface area contributed by atoms with E-state index in [4.69, 9.17) is 10.8 Å². The maximum Gasteiger partial charge on any atom is 0.326 e. The molecular formula is C13H18N2O3. The molecule has 0 bridgehead atoms. The highest BCUT2D eigenvalue weighted by Crippen LogP contribution is 2.20. The van der Waals surface area contributed by atoms with Crippen molar-refractivity contribution in [3.05, 3.63) is 29.8 Å². The van der Waals surface area contributed by atoms with Gasteiger partial charge in [0, 0.05) is 11.3 Å². The molecule has 0 saturated heterocycles. The van der Waals surface area contributed by atoms with Crippen LogP contribution in [-0.4, -0.2) is 23.0 Å². The van der Waals surface area contributed by atoms with Crippen LogP contribution in [0.4, 0.5) is 5.69 Å². The highest BCUT2D eigenvalue weighted by Gasteiger charge is 2.32. The molecule has 0 saturated carbocycles. The molecule has 1 amide bonds. The number of carbonyl (C=O) groups is 2. The number of rotatable bonds is 3. The third-order valence-corrected chi connectivity index (χ3v) is 2.54. The lowest BCUT2D eigenvalue weighted by Gasteiger charge is -2.27. The van der Waals surface area contributed by atoms with Gasteiger partial charge in [-0.2, -0.15) is 0 Å². The van der Waals surface area contributed by atoms with Crippen molar-refractivity contribution in [1.82, 2.24) is 5.32 Å². The topological polar surface area (TPSA) is 92.4 Å². The monoisotopic (exact) mass is 250 g/mol. The van der Waals surface area contributed by atoms with Crippen molar-refractivity contribution in [3.63, 3.8) is 0 Å². The van der Waals surface area contributed by atoms with E-state index in [9.17, 15) is 9.59 Å². The fraction of sp³-hybridized carbons (Fsp3) is 0.385. The van der Waals surface area contributed by atoms with Crippen LogP contribution < -0.4 is 11.1 Å². The van der Waals surface area contributed by atoms with Crippen LogP contribution in [0.25, 0.3) is 0 Å². The molecule has 1 aromatic carbocycles. The summed E-state index contributed by atoms with van der Waals surface area (Å²) < 4.78 is 0. The van der Waals surface area contributed by atoms with Crippen LogP contribution in [0.2, 0.25) is 0 Å². The second-order valence-corrected chi connectivity index (χ2v) is 5.24. The molecule has 5 nitrogen and oxygen atoms in total. The van der Waals surface area contributed by atoms with Gasteiger partial charge in [-0.3, -0.25) is 4.79 Å². The summed E-state index contributed by atoms with van der Waals surface area (Å²) in [6.45, 7) is 5.27. The van der Waals surface area contributed by atoms with E-state index in [0.29, 0.717) is 11.3 Å². The number of aliphatic carboxylic acids is 1. The second kappa shape index (κ2) is 5.08. The number of nitrogen functional groups attached to an aromatic ring is 1. The number of carboxylic acids is 1. The minimum atomic E-state index is -1.06. The van der Waals surface area contributed by atoms with Gasteiger partial charge in [0.05, 0.1) is 0 Å². The molecule has 0 aliphatic carbocycles. The maximum absolute atomic E-state index is 11.9. The Kier molecular flexibility index (Phi) is 3.96. The molecule has 0 fully saturated rings. The molecule has 4 N–H and O–H groups in total. The summed E-state index contributed by atoms with van der Waals surface area (Å²) in [5, 5.41) is 11.6. The van der Waals surface area contributed by atoms with Crippen molar-refractivity contribution in [2.75, 3.05) is 5.73 Å². The molecule has 0 aliphatic rings. The van der Waals surface area contributed by atoms with E-state index in [2.05, 4.69) is 5.32 Å². The molecule has 1 atom stereocenters. The lowest BCUT2D eigenvalue weighted by molar-refractivity contribution is -0.142. The highest BCUT2D eigenvalue weighted by atomic mass is 16.4. The molecule has 0 radical (unpaired) electrons. The van der Waals surface area contributed by atoms with E-state index in [1.54, 1.807) is 39.0 Å². The molecule has 0 aliphatic heterocycles. The largest absolute Gasteiger partial charge is 0.480 e. The molecule has 0 spiro atoms. The number of carbonyl (C=O) groups excluding carboxylic acids is 1. The van der Waals surface area contributed by atoms with E-state index < -0.39 is 23.3 Å². The van der Waals surface area contributed by atoms with Crippen LogP contribution in [0.1, 0.15) is 31.1 Å². The zero-order valence-electron chi connectivity index (χ0n) is 10.7. The Labute approximate surface area is 106 Å². The highest BCUT2D eigenvalue weighted by molar-refractivity contribution is 5.97. The number of benzene rings is 1. The smallest absolute Gasteiger partial charge is 0.326 e. The van der Waals surface area contributed by atoms with E-state index in [-0.39, 0.29) is 0 Å². The fourth-order valence-electron chi connectivity index (χ4n) is 1.54. The van der Waals surface area contributed by atoms with Gasteiger partial charge in [-0.25, -0.2) is 4.79 Å². The molecule has 5 heteroatoms. The van der Waals surface area contributed by atoms with E-state index in [1.165, 1.54) is 6.07 Å². The lowest BCUT2D eigenvalue weighted by Crippen LogP contribution is -2.49. The molecule has 98 valence electrons. The first-order valence-corrected chi connectivity index (χ1v) is 5.61. The Hall–Kier alpha value is -2.04. The summed E-state index contributed by atoms with van der Waals surface area (Å²) in [5.41, 5.74) is 5.82. The van der Waals surface area contributed by atoms with Crippen LogP contribution in [-0.2, 0) is 4.79 Å². The molecule has 0 aromatic heterocycles. The Balaban J connectivity index is 2.89. The predicted molar refractivity (Wildman–Crippen MR) is 69.2 cm³/mol. The van der Waals surface area contributed by atoms with Crippen molar-refractivity contribution in [2.45, 2.75) is 26.8 Å². The zero-order chi connectivity index (χ0) is 13.9. The number of nitrogens with two attached hydrogens (primary N) is 1. The summed E-state index contributed by atoms with van der Waals surface area (Å²) in [7, 11) is 0. The van der Waals surface area contributed by atoms with Crippen LogP contribution in [0.5, 0.6) is 0 Å². The Morgan fingerprint density at radius 3 is 2.39 bits per heavy atom. The van der Waals surface area contributed by atoms with Crippen molar-refractivity contribution >= 4 is 17.6 Å². The number of hydrogen-bond acceptors (Lipinski definition) is 3. The summed E-state index contributed by atoms with van der Waals surface area (Å²) in [6, 6.07) is 5.46. The Bertz CT molecular complexity index is 464. The molecule has 1 rings (SSSR count). The van der Waals surface area contributed by atoms with Crippen molar-refractivity contribution in [1.29, 1.82) is 0 Å². The van der Waals surface area contributed by atoms with Gasteiger partial charge in [0.25, 0.3) is 5.91 Å². The van der Waals surface area contributed by atoms with E-state index in [0.717, 1.165) is 0 Å². The average Bonchev–Trinajstić information content (AvgIpc) is 2.23. The zero-order valence-corrected chi connectivity index (χ0v) is 10.7. The number of anilines is 1. The SMILES string of the molecule is CC(C)(C)[C@H](NC(=O)c1cccc(N)c1)C(=O)O. The number of hydrogen-bond donors (Lipinski definition) is 3. The fourth-order valence-corrected chi connectivity index (χ4v) is 1.54. The third-order valence-electron chi connectivity index (χ3n) is 2.54. The van der Waals surface area contributed by atoms with Gasteiger partial charge in [0.15, 0.2) is 0 Å². The lowest BCUT2D eigenvalue weighted by atomic mass is 9.86. The minimum absolute atomic E-state index is 0.352. The number of amides is 1. The van der Waals surface area contributed by atoms with Crippen molar-refractivity contribution < 1.29 is 14.7 Å². The minimum Gasteiger partial charge on any atom is -0.480 e.